The molecule has 0 unspecified atom stereocenters. The zero-order valence-corrected chi connectivity index (χ0v) is 21.8. The number of benzene rings is 1. The van der Waals surface area contributed by atoms with Crippen molar-refractivity contribution in [2.75, 3.05) is 18.4 Å². The molecule has 1 aromatic heterocycles. The van der Waals surface area contributed by atoms with E-state index in [1.54, 1.807) is 29.3 Å². The maximum atomic E-state index is 14.0. The van der Waals surface area contributed by atoms with Crippen molar-refractivity contribution in [2.45, 2.75) is 58.4 Å². The number of likely N-dealkylation sites (tertiary alicyclic amines) is 1. The highest BCUT2D eigenvalue weighted by Crippen LogP contribution is 2.37. The lowest BCUT2D eigenvalue weighted by atomic mass is 10.0. The van der Waals surface area contributed by atoms with Gasteiger partial charge >= 0.3 is 6.03 Å². The van der Waals surface area contributed by atoms with E-state index in [9.17, 15) is 9.18 Å². The highest BCUT2D eigenvalue weighted by Gasteiger charge is 2.37. The minimum absolute atomic E-state index is 0.125. The molecule has 178 valence electrons. The number of carbonyl (C=O) groups excluding carboxylic acids is 1. The number of anilines is 1. The molecule has 0 radical (unpaired) electrons. The van der Waals surface area contributed by atoms with Gasteiger partial charge in [0.25, 0.3) is 0 Å². The predicted octanol–water partition coefficient (Wildman–Crippen LogP) is 7.11. The minimum Gasteiger partial charge on any atom is -0.411 e. The maximum absolute atomic E-state index is 14.0. The second-order valence-electron chi connectivity index (χ2n) is 9.97. The summed E-state index contributed by atoms with van der Waals surface area (Å²) in [6.45, 7) is 12.6. The normalized spacial score (nSPS) is 14.9. The Labute approximate surface area is 202 Å². The number of nitrogens with one attached hydrogen (secondary N) is 1. The van der Waals surface area contributed by atoms with Gasteiger partial charge in [-0.2, -0.15) is 0 Å². The average molecular weight is 490 g/mol. The monoisotopic (exact) mass is 489 g/mol. The van der Waals surface area contributed by atoms with E-state index in [-0.39, 0.29) is 16.9 Å². The van der Waals surface area contributed by atoms with Crippen LogP contribution in [0.3, 0.4) is 0 Å². The summed E-state index contributed by atoms with van der Waals surface area (Å²) in [5.74, 6) is -0.332. The summed E-state index contributed by atoms with van der Waals surface area (Å²) in [5, 5.41) is 3.47. The summed E-state index contributed by atoms with van der Waals surface area (Å²) in [5.41, 5.74) is 3.14. The van der Waals surface area contributed by atoms with Crippen LogP contribution in [0.15, 0.2) is 42.1 Å². The molecule has 1 aliphatic heterocycles. The van der Waals surface area contributed by atoms with E-state index in [1.807, 2.05) is 12.1 Å². The van der Waals surface area contributed by atoms with Crippen LogP contribution in [0.25, 0.3) is 6.08 Å². The van der Waals surface area contributed by atoms with Gasteiger partial charge in [-0.3, -0.25) is 4.98 Å². The number of carbonyl (C=O) groups is 1. The van der Waals surface area contributed by atoms with Gasteiger partial charge in [0.15, 0.2) is 8.32 Å². The Hall–Kier alpha value is -2.22. The zero-order chi connectivity index (χ0) is 24.2. The lowest BCUT2D eigenvalue weighted by molar-refractivity contribution is 0.208. The van der Waals surface area contributed by atoms with E-state index in [0.717, 1.165) is 11.3 Å². The number of pyridine rings is 1. The Morgan fingerprint density at radius 1 is 1.24 bits per heavy atom. The van der Waals surface area contributed by atoms with Crippen molar-refractivity contribution in [1.82, 2.24) is 9.88 Å². The molecule has 0 bridgehead atoms. The van der Waals surface area contributed by atoms with Gasteiger partial charge in [-0.25, -0.2) is 9.18 Å². The second-order valence-corrected chi connectivity index (χ2v) is 15.2. The van der Waals surface area contributed by atoms with Crippen molar-refractivity contribution in [3.05, 3.63) is 64.2 Å². The van der Waals surface area contributed by atoms with E-state index < -0.39 is 8.32 Å². The van der Waals surface area contributed by atoms with Crippen molar-refractivity contribution in [3.8, 4) is 0 Å². The first-order valence-electron chi connectivity index (χ1n) is 11.2. The van der Waals surface area contributed by atoms with E-state index in [2.05, 4.69) is 44.2 Å². The fraction of sp³-hybridized carbons (Fsp3) is 0.440. The van der Waals surface area contributed by atoms with Gasteiger partial charge in [0.2, 0.25) is 0 Å². The second kappa shape index (κ2) is 10.4. The van der Waals surface area contributed by atoms with Gasteiger partial charge in [0.1, 0.15) is 5.82 Å². The Morgan fingerprint density at radius 3 is 2.58 bits per heavy atom. The lowest BCUT2D eigenvalue weighted by Crippen LogP contribution is -2.40. The average Bonchev–Trinajstić information content (AvgIpc) is 2.74. The Kier molecular flexibility index (Phi) is 7.98. The standard InChI is InChI=1S/C25H33ClFN3O2Si/c1-25(2,3)33(4,5)32-17-22-16-21(8-11-28-22)29-24(31)30-12-9-18(10-13-30)14-19-6-7-20(26)15-23(19)27/h6-8,11,14-16H,9-10,12-13,17H2,1-5H3,(H,28,29,31). The number of hydrogen-bond donors (Lipinski definition) is 1. The molecule has 5 nitrogen and oxygen atoms in total. The van der Waals surface area contributed by atoms with Gasteiger partial charge < -0.3 is 14.6 Å². The molecule has 1 aromatic carbocycles. The van der Waals surface area contributed by atoms with Crippen molar-refractivity contribution < 1.29 is 13.6 Å². The van der Waals surface area contributed by atoms with Crippen LogP contribution in [0.5, 0.6) is 0 Å². The first kappa shape index (κ1) is 25.4. The third-order valence-electron chi connectivity index (χ3n) is 6.47. The summed E-state index contributed by atoms with van der Waals surface area (Å²) in [4.78, 5) is 18.9. The van der Waals surface area contributed by atoms with Crippen LogP contribution >= 0.6 is 11.6 Å². The van der Waals surface area contributed by atoms with E-state index >= 15 is 0 Å². The highest BCUT2D eigenvalue weighted by atomic mass is 35.5. The SMILES string of the molecule is CC(C)(C)[Si](C)(C)OCc1cc(NC(=O)N2CCC(=Cc3ccc(Cl)cc3F)CC2)ccn1. The Morgan fingerprint density at radius 2 is 1.94 bits per heavy atom. The summed E-state index contributed by atoms with van der Waals surface area (Å²) in [6, 6.07) is 8.18. The molecule has 1 fully saturated rings. The fourth-order valence-corrected chi connectivity index (χ4v) is 4.39. The maximum Gasteiger partial charge on any atom is 0.321 e. The first-order chi connectivity index (χ1) is 15.4. The number of hydrogen-bond acceptors (Lipinski definition) is 3. The number of aromatic nitrogens is 1. The Balaban J connectivity index is 1.55. The smallest absolute Gasteiger partial charge is 0.321 e. The number of amides is 2. The molecule has 8 heteroatoms. The number of urea groups is 1. The molecule has 2 amide bonds. The first-order valence-corrected chi connectivity index (χ1v) is 14.5. The van der Waals surface area contributed by atoms with Gasteiger partial charge in [0, 0.05) is 35.6 Å². The fourth-order valence-electron chi connectivity index (χ4n) is 3.29. The number of rotatable bonds is 5. The molecule has 1 N–H and O–H groups in total. The van der Waals surface area contributed by atoms with Crippen LogP contribution in [-0.2, 0) is 11.0 Å². The Bertz CT molecular complexity index is 1030. The van der Waals surface area contributed by atoms with Gasteiger partial charge in [-0.1, -0.05) is 50.1 Å². The molecular weight excluding hydrogens is 457 g/mol. The zero-order valence-electron chi connectivity index (χ0n) is 20.0. The molecule has 1 aliphatic rings. The van der Waals surface area contributed by atoms with E-state index in [0.29, 0.717) is 48.8 Å². The quantitative estimate of drug-likeness (QED) is 0.455. The topological polar surface area (TPSA) is 54.5 Å². The van der Waals surface area contributed by atoms with Gasteiger partial charge in [-0.05, 0) is 55.2 Å². The van der Waals surface area contributed by atoms with E-state index in [4.69, 9.17) is 16.0 Å². The van der Waals surface area contributed by atoms with Crippen molar-refractivity contribution in [3.63, 3.8) is 0 Å². The lowest BCUT2D eigenvalue weighted by Gasteiger charge is -2.36. The summed E-state index contributed by atoms with van der Waals surface area (Å²) in [6.07, 6.45) is 4.96. The van der Waals surface area contributed by atoms with Crippen LogP contribution < -0.4 is 5.32 Å². The molecule has 0 spiro atoms. The molecule has 2 heterocycles. The number of nitrogens with zero attached hydrogens (tertiary/aromatic N) is 2. The van der Waals surface area contributed by atoms with Crippen LogP contribution in [0.1, 0.15) is 44.9 Å². The van der Waals surface area contributed by atoms with Crippen molar-refractivity contribution >= 4 is 37.7 Å². The number of piperidine rings is 1. The third-order valence-corrected chi connectivity index (χ3v) is 11.2. The molecule has 0 aliphatic carbocycles. The molecule has 2 aromatic rings. The van der Waals surface area contributed by atoms with Crippen LogP contribution in [0.4, 0.5) is 14.9 Å². The largest absolute Gasteiger partial charge is 0.411 e. The molecule has 3 rings (SSSR count). The van der Waals surface area contributed by atoms with Gasteiger partial charge in [-0.15, -0.1) is 0 Å². The van der Waals surface area contributed by atoms with Crippen molar-refractivity contribution in [2.24, 2.45) is 0 Å². The summed E-state index contributed by atoms with van der Waals surface area (Å²) >= 11 is 5.82. The predicted molar refractivity (Wildman–Crippen MR) is 135 cm³/mol. The minimum atomic E-state index is -1.88. The van der Waals surface area contributed by atoms with Crippen LogP contribution in [-0.4, -0.2) is 37.3 Å². The molecule has 1 saturated heterocycles. The van der Waals surface area contributed by atoms with Gasteiger partial charge in [0.05, 0.1) is 12.3 Å². The highest BCUT2D eigenvalue weighted by molar-refractivity contribution is 6.74. The van der Waals surface area contributed by atoms with Crippen LogP contribution in [0.2, 0.25) is 23.2 Å². The summed E-state index contributed by atoms with van der Waals surface area (Å²) < 4.78 is 20.3. The third kappa shape index (κ3) is 6.88. The molecular formula is C25H33ClFN3O2Si. The number of halogens is 2. The van der Waals surface area contributed by atoms with Crippen LogP contribution in [0, 0.1) is 5.82 Å². The molecule has 0 saturated carbocycles. The van der Waals surface area contributed by atoms with Crippen molar-refractivity contribution in [1.29, 1.82) is 0 Å². The van der Waals surface area contributed by atoms with E-state index in [1.165, 1.54) is 6.07 Å². The molecule has 33 heavy (non-hydrogen) atoms. The summed E-state index contributed by atoms with van der Waals surface area (Å²) in [7, 11) is -1.88. The molecule has 0 atom stereocenters.